The molecule has 6 nitrogen and oxygen atoms in total. The zero-order valence-corrected chi connectivity index (χ0v) is 22.6. The number of benzene rings is 3. The Bertz CT molecular complexity index is 1270. The molecule has 0 aliphatic carbocycles. The molecule has 0 unspecified atom stereocenters. The molecular weight excluding hydrogens is 480 g/mol. The summed E-state index contributed by atoms with van der Waals surface area (Å²) in [5, 5.41) is 0. The minimum absolute atomic E-state index is 0.241. The van der Waals surface area contributed by atoms with Crippen molar-refractivity contribution in [2.24, 2.45) is 5.92 Å². The summed E-state index contributed by atoms with van der Waals surface area (Å²) in [7, 11) is 0. The molecule has 1 aromatic heterocycles. The van der Waals surface area contributed by atoms with Gasteiger partial charge in [0.25, 0.3) is 0 Å². The minimum Gasteiger partial charge on any atom is -0.393 e. The van der Waals surface area contributed by atoms with Crippen molar-refractivity contribution in [3.05, 3.63) is 114 Å². The normalized spacial score (nSPS) is 17.1. The topological polar surface area (TPSA) is 61.5 Å². The fourth-order valence-corrected chi connectivity index (χ4v) is 6.25. The van der Waals surface area contributed by atoms with Gasteiger partial charge < -0.3 is 15.5 Å². The second-order valence-corrected chi connectivity index (χ2v) is 10.8. The number of rotatable bonds is 7. The number of hydrogen-bond acceptors (Lipinski definition) is 6. The monoisotopic (exact) mass is 518 g/mol. The van der Waals surface area contributed by atoms with E-state index >= 15 is 0 Å². The lowest BCUT2D eigenvalue weighted by Crippen LogP contribution is -2.48. The van der Waals surface area contributed by atoms with Crippen LogP contribution in [-0.2, 0) is 6.42 Å². The zero-order valence-electron chi connectivity index (χ0n) is 22.6. The predicted molar refractivity (Wildman–Crippen MR) is 160 cm³/mol. The highest BCUT2D eigenvalue weighted by atomic mass is 15.3. The molecule has 4 aromatic rings. The Balaban J connectivity index is 1.12. The van der Waals surface area contributed by atoms with Crippen molar-refractivity contribution < 1.29 is 0 Å². The molecule has 3 aromatic carbocycles. The summed E-state index contributed by atoms with van der Waals surface area (Å²) in [6, 6.07) is 32.7. The molecule has 2 N–H and O–H groups in total. The van der Waals surface area contributed by atoms with Crippen molar-refractivity contribution in [2.45, 2.75) is 25.3 Å². The van der Waals surface area contributed by atoms with Gasteiger partial charge in [0.05, 0.1) is 6.04 Å². The van der Waals surface area contributed by atoms with Gasteiger partial charge in [-0.2, -0.15) is 0 Å². The van der Waals surface area contributed by atoms with Gasteiger partial charge in [-0.05, 0) is 41.9 Å². The van der Waals surface area contributed by atoms with Gasteiger partial charge in [0.15, 0.2) is 11.6 Å². The molecule has 0 amide bonds. The maximum atomic E-state index is 6.76. The van der Waals surface area contributed by atoms with Crippen LogP contribution in [0.25, 0.3) is 0 Å². The minimum atomic E-state index is 0.241. The van der Waals surface area contributed by atoms with E-state index in [1.54, 1.807) is 6.33 Å². The first-order chi connectivity index (χ1) is 19.3. The summed E-state index contributed by atoms with van der Waals surface area (Å²) in [6.45, 7) is 5.63. The quantitative estimate of drug-likeness (QED) is 0.352. The lowest BCUT2D eigenvalue weighted by atomic mass is 9.90. The highest BCUT2D eigenvalue weighted by Gasteiger charge is 2.29. The van der Waals surface area contributed by atoms with Crippen molar-refractivity contribution in [3.63, 3.8) is 0 Å². The summed E-state index contributed by atoms with van der Waals surface area (Å²) in [4.78, 5) is 16.6. The van der Waals surface area contributed by atoms with E-state index in [2.05, 4.69) is 116 Å². The lowest BCUT2D eigenvalue weighted by Gasteiger charge is -2.41. The summed E-state index contributed by atoms with van der Waals surface area (Å²) in [6.07, 6.45) is 5.16. The Morgan fingerprint density at radius 1 is 0.641 bits per heavy atom. The Labute approximate surface area is 232 Å². The summed E-state index contributed by atoms with van der Waals surface area (Å²) >= 11 is 0. The summed E-state index contributed by atoms with van der Waals surface area (Å²) in [5.41, 5.74) is 11.6. The molecule has 39 heavy (non-hydrogen) atoms. The third-order valence-corrected chi connectivity index (χ3v) is 8.33. The van der Waals surface area contributed by atoms with Gasteiger partial charge in [-0.3, -0.25) is 4.90 Å². The molecule has 0 bridgehead atoms. The number of anilines is 3. The lowest BCUT2D eigenvalue weighted by molar-refractivity contribution is 0.212. The van der Waals surface area contributed by atoms with E-state index in [4.69, 9.17) is 5.73 Å². The third kappa shape index (κ3) is 5.76. The highest BCUT2D eigenvalue weighted by molar-refractivity contribution is 5.76. The van der Waals surface area contributed by atoms with Crippen molar-refractivity contribution >= 4 is 17.3 Å². The van der Waals surface area contributed by atoms with Crippen molar-refractivity contribution in [3.8, 4) is 0 Å². The second kappa shape index (κ2) is 11.9. The Kier molecular flexibility index (Phi) is 7.73. The number of hydrogen-bond donors (Lipinski definition) is 1. The van der Waals surface area contributed by atoms with Crippen LogP contribution >= 0.6 is 0 Å². The van der Waals surface area contributed by atoms with E-state index in [-0.39, 0.29) is 6.04 Å². The fraction of sp³-hybridized carbons (Fsp3) is 0.333. The summed E-state index contributed by atoms with van der Waals surface area (Å²) < 4.78 is 0. The molecule has 0 radical (unpaired) electrons. The van der Waals surface area contributed by atoms with Crippen LogP contribution in [0.4, 0.5) is 17.3 Å². The molecule has 2 aliphatic rings. The number of nitrogen functional groups attached to an aromatic ring is 1. The van der Waals surface area contributed by atoms with E-state index in [1.807, 2.05) is 0 Å². The van der Waals surface area contributed by atoms with E-state index < -0.39 is 0 Å². The van der Waals surface area contributed by atoms with Gasteiger partial charge in [0, 0.05) is 39.3 Å². The largest absolute Gasteiger partial charge is 0.393 e. The summed E-state index contributed by atoms with van der Waals surface area (Å²) in [5.74, 6) is 2.48. The highest BCUT2D eigenvalue weighted by Crippen LogP contribution is 2.34. The van der Waals surface area contributed by atoms with Gasteiger partial charge in [0.2, 0.25) is 0 Å². The molecule has 0 atom stereocenters. The van der Waals surface area contributed by atoms with Gasteiger partial charge in [0.1, 0.15) is 12.0 Å². The number of nitrogens with zero attached hydrogens (tertiary/aromatic N) is 5. The molecule has 6 rings (SSSR count). The molecule has 3 heterocycles. The molecule has 0 saturated carbocycles. The first-order valence-electron chi connectivity index (χ1n) is 14.2. The first kappa shape index (κ1) is 25.4. The SMILES string of the molecule is Nc1c(N2CCC(Cc3ccccc3)CC2)ncnc1N1CCN(C(c2ccccc2)c2ccccc2)CC1. The van der Waals surface area contributed by atoms with Gasteiger partial charge in [-0.25, -0.2) is 9.97 Å². The van der Waals surface area contributed by atoms with Crippen LogP contribution in [-0.4, -0.2) is 54.1 Å². The third-order valence-electron chi connectivity index (χ3n) is 8.33. The van der Waals surface area contributed by atoms with E-state index in [1.165, 1.54) is 16.7 Å². The molecule has 2 saturated heterocycles. The van der Waals surface area contributed by atoms with Crippen molar-refractivity contribution in [2.75, 3.05) is 54.8 Å². The van der Waals surface area contributed by atoms with E-state index in [9.17, 15) is 0 Å². The zero-order chi connectivity index (χ0) is 26.4. The Morgan fingerprint density at radius 2 is 1.13 bits per heavy atom. The molecule has 6 heteroatoms. The number of nitrogens with two attached hydrogens (primary N) is 1. The average molecular weight is 519 g/mol. The number of piperazine rings is 1. The van der Waals surface area contributed by atoms with Crippen LogP contribution in [0.15, 0.2) is 97.3 Å². The predicted octanol–water partition coefficient (Wildman–Crippen LogP) is 5.43. The standard InChI is InChI=1S/C33H38N6/c34-30-32(38-18-16-27(17-19-38)24-26-10-4-1-5-11-26)35-25-36-33(30)39-22-20-37(21-23-39)31(28-12-6-2-7-13-28)29-14-8-3-9-15-29/h1-15,25,27,31H,16-24,34H2. The molecule has 2 fully saturated rings. The maximum Gasteiger partial charge on any atom is 0.157 e. The van der Waals surface area contributed by atoms with E-state index in [0.29, 0.717) is 5.92 Å². The van der Waals surface area contributed by atoms with Gasteiger partial charge >= 0.3 is 0 Å². The fourth-order valence-electron chi connectivity index (χ4n) is 6.25. The number of aromatic nitrogens is 2. The van der Waals surface area contributed by atoms with Crippen LogP contribution < -0.4 is 15.5 Å². The first-order valence-corrected chi connectivity index (χ1v) is 14.2. The maximum absolute atomic E-state index is 6.76. The van der Waals surface area contributed by atoms with Crippen LogP contribution in [0.5, 0.6) is 0 Å². The van der Waals surface area contributed by atoms with E-state index in [0.717, 1.165) is 75.9 Å². The Hall–Kier alpha value is -3.90. The number of piperidine rings is 1. The smallest absolute Gasteiger partial charge is 0.157 e. The van der Waals surface area contributed by atoms with Gasteiger partial charge in [-0.15, -0.1) is 0 Å². The van der Waals surface area contributed by atoms with Crippen molar-refractivity contribution in [1.29, 1.82) is 0 Å². The van der Waals surface area contributed by atoms with Gasteiger partial charge in [-0.1, -0.05) is 91.0 Å². The van der Waals surface area contributed by atoms with Crippen LogP contribution in [0.3, 0.4) is 0 Å². The van der Waals surface area contributed by atoms with Crippen LogP contribution in [0.1, 0.15) is 35.6 Å². The van der Waals surface area contributed by atoms with Crippen LogP contribution in [0, 0.1) is 5.92 Å². The average Bonchev–Trinajstić information content (AvgIpc) is 3.00. The van der Waals surface area contributed by atoms with Crippen LogP contribution in [0.2, 0.25) is 0 Å². The second-order valence-electron chi connectivity index (χ2n) is 10.8. The Morgan fingerprint density at radius 3 is 1.67 bits per heavy atom. The molecule has 2 aliphatic heterocycles. The molecule has 200 valence electrons. The van der Waals surface area contributed by atoms with Crippen molar-refractivity contribution in [1.82, 2.24) is 14.9 Å². The molecular formula is C33H38N6. The molecule has 0 spiro atoms.